The number of tetrazole rings is 1. The molecule has 198 valence electrons. The number of aromatic nitrogens is 6. The summed E-state index contributed by atoms with van der Waals surface area (Å²) in [5.74, 6) is 0.705. The Kier molecular flexibility index (Phi) is 7.02. The molecule has 0 spiro atoms. The molecule has 8 heteroatoms. The van der Waals surface area contributed by atoms with Gasteiger partial charge in [0.15, 0.2) is 5.82 Å². The Morgan fingerprint density at radius 3 is 2.54 bits per heavy atom. The molecule has 0 radical (unpaired) electrons. The second-order valence-electron chi connectivity index (χ2n) is 10.7. The minimum Gasteiger partial charge on any atom is -0.321 e. The van der Waals surface area contributed by atoms with Gasteiger partial charge in [-0.15, -0.1) is 5.10 Å². The molecule has 3 heterocycles. The SMILES string of the molecule is Cc1cc(C)c2[nH]c(=O)c(C(c3nnnn3C3CCCC3)N(Cc3ccccc3)Cc3cccnc3)cc2c1. The van der Waals surface area contributed by atoms with Gasteiger partial charge in [0, 0.05) is 31.0 Å². The Bertz CT molecular complexity index is 1580. The number of hydrogen-bond acceptors (Lipinski definition) is 6. The highest BCUT2D eigenvalue weighted by Gasteiger charge is 2.33. The van der Waals surface area contributed by atoms with Crippen molar-refractivity contribution < 1.29 is 0 Å². The van der Waals surface area contributed by atoms with E-state index in [1.54, 1.807) is 6.20 Å². The summed E-state index contributed by atoms with van der Waals surface area (Å²) in [7, 11) is 0. The van der Waals surface area contributed by atoms with Crippen molar-refractivity contribution in [1.82, 2.24) is 35.1 Å². The fourth-order valence-electron chi connectivity index (χ4n) is 5.98. The Morgan fingerprint density at radius 2 is 1.77 bits per heavy atom. The number of benzene rings is 2. The molecule has 1 fully saturated rings. The molecule has 1 N–H and O–H groups in total. The molecule has 0 amide bonds. The normalized spacial score (nSPS) is 14.8. The molecule has 8 nitrogen and oxygen atoms in total. The number of H-pyrrole nitrogens is 1. The largest absolute Gasteiger partial charge is 0.321 e. The molecule has 1 atom stereocenters. The second-order valence-corrected chi connectivity index (χ2v) is 10.7. The van der Waals surface area contributed by atoms with Crippen LogP contribution in [0.3, 0.4) is 0 Å². The molecular formula is C31H33N7O. The molecule has 3 aromatic heterocycles. The first kappa shape index (κ1) is 25.1. The van der Waals surface area contributed by atoms with E-state index >= 15 is 0 Å². The molecule has 39 heavy (non-hydrogen) atoms. The van der Waals surface area contributed by atoms with Gasteiger partial charge in [-0.2, -0.15) is 0 Å². The number of pyridine rings is 2. The van der Waals surface area contributed by atoms with Crippen molar-refractivity contribution in [3.05, 3.63) is 117 Å². The van der Waals surface area contributed by atoms with Gasteiger partial charge in [0.25, 0.3) is 5.56 Å². The predicted molar refractivity (Wildman–Crippen MR) is 151 cm³/mol. The van der Waals surface area contributed by atoms with Gasteiger partial charge in [-0.3, -0.25) is 14.7 Å². The van der Waals surface area contributed by atoms with Gasteiger partial charge in [0.2, 0.25) is 0 Å². The van der Waals surface area contributed by atoms with E-state index in [9.17, 15) is 4.79 Å². The molecule has 1 aliphatic rings. The molecule has 5 aromatic rings. The molecule has 1 aliphatic carbocycles. The van der Waals surface area contributed by atoms with Crippen molar-refractivity contribution in [2.24, 2.45) is 0 Å². The lowest BCUT2D eigenvalue weighted by atomic mass is 9.99. The summed E-state index contributed by atoms with van der Waals surface area (Å²) in [6, 6.07) is 20.4. The predicted octanol–water partition coefficient (Wildman–Crippen LogP) is 5.43. The molecule has 1 saturated carbocycles. The summed E-state index contributed by atoms with van der Waals surface area (Å²) in [4.78, 5) is 23.7. The van der Waals surface area contributed by atoms with Crippen LogP contribution >= 0.6 is 0 Å². The number of hydrogen-bond donors (Lipinski definition) is 1. The first-order valence-corrected chi connectivity index (χ1v) is 13.7. The third-order valence-corrected chi connectivity index (χ3v) is 7.75. The van der Waals surface area contributed by atoms with Gasteiger partial charge in [-0.1, -0.05) is 60.9 Å². The van der Waals surface area contributed by atoms with Crippen molar-refractivity contribution in [2.45, 2.75) is 64.7 Å². The molecule has 0 saturated heterocycles. The Hall–Kier alpha value is -4.17. The number of nitrogens with one attached hydrogen (secondary N) is 1. The summed E-state index contributed by atoms with van der Waals surface area (Å²) >= 11 is 0. The molecule has 1 unspecified atom stereocenters. The lowest BCUT2D eigenvalue weighted by molar-refractivity contribution is 0.190. The van der Waals surface area contributed by atoms with Crippen LogP contribution in [0.4, 0.5) is 0 Å². The van der Waals surface area contributed by atoms with Crippen molar-refractivity contribution in [3.8, 4) is 0 Å². The maximum absolute atomic E-state index is 13.9. The Balaban J connectivity index is 1.55. The first-order chi connectivity index (χ1) is 19.1. The van der Waals surface area contributed by atoms with Crippen LogP contribution in [-0.2, 0) is 13.1 Å². The Labute approximate surface area is 227 Å². The van der Waals surface area contributed by atoms with Crippen molar-refractivity contribution in [2.75, 3.05) is 0 Å². The first-order valence-electron chi connectivity index (χ1n) is 13.7. The third kappa shape index (κ3) is 5.25. The van der Waals surface area contributed by atoms with Crippen LogP contribution in [0.2, 0.25) is 0 Å². The van der Waals surface area contributed by atoms with Crippen LogP contribution in [-0.4, -0.2) is 35.1 Å². The number of rotatable bonds is 8. The van der Waals surface area contributed by atoms with Crippen LogP contribution < -0.4 is 5.56 Å². The zero-order valence-corrected chi connectivity index (χ0v) is 22.4. The average Bonchev–Trinajstić information content (AvgIpc) is 3.63. The van der Waals surface area contributed by atoms with Gasteiger partial charge >= 0.3 is 0 Å². The number of nitrogens with zero attached hydrogens (tertiary/aromatic N) is 6. The van der Waals surface area contributed by atoms with E-state index in [0.29, 0.717) is 24.5 Å². The number of aromatic amines is 1. The topological polar surface area (TPSA) is 92.6 Å². The van der Waals surface area contributed by atoms with Crippen LogP contribution in [0, 0.1) is 13.8 Å². The van der Waals surface area contributed by atoms with Crippen molar-refractivity contribution >= 4 is 10.9 Å². The number of aryl methyl sites for hydroxylation is 2. The van der Waals surface area contributed by atoms with E-state index in [4.69, 9.17) is 0 Å². The van der Waals surface area contributed by atoms with Gasteiger partial charge in [0.1, 0.15) is 6.04 Å². The standard InChI is InChI=1S/C31H33N7O/c1-21-15-22(2)28-25(16-21)17-27(31(39)33-28)29(30-34-35-36-38(30)26-12-6-7-13-26)37(19-23-9-4-3-5-10-23)20-24-11-8-14-32-18-24/h3-5,8-11,14-18,26,29H,6-7,12-13,19-20H2,1-2H3,(H,33,39). The monoisotopic (exact) mass is 519 g/mol. The zero-order valence-electron chi connectivity index (χ0n) is 22.4. The van der Waals surface area contributed by atoms with Crippen LogP contribution in [0.25, 0.3) is 10.9 Å². The smallest absolute Gasteiger partial charge is 0.253 e. The van der Waals surface area contributed by atoms with Gasteiger partial charge in [-0.05, 0) is 77.4 Å². The fraction of sp³-hybridized carbons (Fsp3) is 0.323. The fourth-order valence-corrected chi connectivity index (χ4v) is 5.98. The van der Waals surface area contributed by atoms with E-state index in [1.807, 2.05) is 48.1 Å². The summed E-state index contributed by atoms with van der Waals surface area (Å²) in [6.07, 6.45) is 8.06. The highest BCUT2D eigenvalue weighted by Crippen LogP contribution is 2.35. The number of fused-ring (bicyclic) bond motifs is 1. The lowest BCUT2D eigenvalue weighted by Gasteiger charge is -2.32. The van der Waals surface area contributed by atoms with E-state index in [1.165, 1.54) is 0 Å². The highest BCUT2D eigenvalue weighted by atomic mass is 16.1. The summed E-state index contributed by atoms with van der Waals surface area (Å²) in [6.45, 7) is 5.31. The van der Waals surface area contributed by atoms with Gasteiger partial charge in [-0.25, -0.2) is 4.68 Å². The van der Waals surface area contributed by atoms with Crippen LogP contribution in [0.1, 0.15) is 71.4 Å². The quantitative estimate of drug-likeness (QED) is 0.294. The molecule has 6 rings (SSSR count). The minimum atomic E-state index is -0.463. The van der Waals surface area contributed by atoms with E-state index in [-0.39, 0.29) is 11.6 Å². The zero-order chi connectivity index (χ0) is 26.8. The average molecular weight is 520 g/mol. The van der Waals surface area contributed by atoms with Crippen molar-refractivity contribution in [1.29, 1.82) is 0 Å². The molecular weight excluding hydrogens is 486 g/mol. The Morgan fingerprint density at radius 1 is 1.00 bits per heavy atom. The van der Waals surface area contributed by atoms with Gasteiger partial charge in [0.05, 0.1) is 11.6 Å². The molecule has 2 aromatic carbocycles. The van der Waals surface area contributed by atoms with Gasteiger partial charge < -0.3 is 4.98 Å². The maximum atomic E-state index is 13.9. The minimum absolute atomic E-state index is 0.121. The summed E-state index contributed by atoms with van der Waals surface area (Å²) in [5, 5.41) is 14.2. The van der Waals surface area contributed by atoms with Crippen molar-refractivity contribution in [3.63, 3.8) is 0 Å². The summed E-state index contributed by atoms with van der Waals surface area (Å²) < 4.78 is 1.98. The van der Waals surface area contributed by atoms with Crippen LogP contribution in [0.5, 0.6) is 0 Å². The lowest BCUT2D eigenvalue weighted by Crippen LogP contribution is -2.35. The van der Waals surface area contributed by atoms with E-state index in [0.717, 1.165) is 58.8 Å². The molecule has 0 aliphatic heterocycles. The summed E-state index contributed by atoms with van der Waals surface area (Å²) in [5.41, 5.74) is 5.80. The highest BCUT2D eigenvalue weighted by molar-refractivity contribution is 5.83. The van der Waals surface area contributed by atoms with E-state index in [2.05, 4.69) is 67.6 Å². The molecule has 0 bridgehead atoms. The van der Waals surface area contributed by atoms with E-state index < -0.39 is 6.04 Å². The third-order valence-electron chi connectivity index (χ3n) is 7.75. The second kappa shape index (κ2) is 10.9. The maximum Gasteiger partial charge on any atom is 0.253 e. The van der Waals surface area contributed by atoms with Crippen LogP contribution in [0.15, 0.2) is 77.9 Å².